The number of furan rings is 1. The van der Waals surface area contributed by atoms with Gasteiger partial charge in [0.2, 0.25) is 0 Å². The molecule has 3 nitrogen and oxygen atoms in total. The van der Waals surface area contributed by atoms with E-state index >= 15 is 0 Å². The summed E-state index contributed by atoms with van der Waals surface area (Å²) in [7, 11) is 0. The average Bonchev–Trinajstić information content (AvgIpc) is 2.71. The van der Waals surface area contributed by atoms with Gasteiger partial charge in [0.25, 0.3) is 0 Å². The third-order valence-corrected chi connectivity index (χ3v) is 4.11. The molecule has 0 aliphatic rings. The lowest BCUT2D eigenvalue weighted by molar-refractivity contribution is 0.449. The Morgan fingerprint density at radius 2 is 2.00 bits per heavy atom. The van der Waals surface area contributed by atoms with E-state index in [1.54, 1.807) is 6.26 Å². The number of hydrogen-bond acceptors (Lipinski definition) is 3. The summed E-state index contributed by atoms with van der Waals surface area (Å²) >= 11 is 6.95. The van der Waals surface area contributed by atoms with Crippen LogP contribution in [-0.4, -0.2) is 0 Å². The number of hydrazine groups is 1. The van der Waals surface area contributed by atoms with Crippen LogP contribution in [0.2, 0.25) is 0 Å². The summed E-state index contributed by atoms with van der Waals surface area (Å²) in [5.74, 6) is 6.37. The molecule has 2 rings (SSSR count). The van der Waals surface area contributed by atoms with Gasteiger partial charge in [-0.05, 0) is 46.1 Å². The van der Waals surface area contributed by atoms with Crippen LogP contribution in [0.1, 0.15) is 22.9 Å². The summed E-state index contributed by atoms with van der Waals surface area (Å²) in [6.07, 6.45) is 1.63. The molecule has 0 radical (unpaired) electrons. The molecule has 1 aromatic carbocycles. The Hall–Kier alpha value is -0.620. The van der Waals surface area contributed by atoms with E-state index in [1.807, 2.05) is 31.2 Å². The molecule has 0 amide bonds. The molecule has 90 valence electrons. The molecule has 1 aromatic heterocycles. The first-order chi connectivity index (χ1) is 8.13. The van der Waals surface area contributed by atoms with Crippen LogP contribution in [0, 0.1) is 6.92 Å². The second-order valence-electron chi connectivity index (χ2n) is 3.74. The van der Waals surface area contributed by atoms with Crippen LogP contribution in [0.25, 0.3) is 0 Å². The summed E-state index contributed by atoms with van der Waals surface area (Å²) < 4.78 is 7.39. The van der Waals surface area contributed by atoms with Crippen LogP contribution in [0.4, 0.5) is 0 Å². The predicted octanol–water partition coefficient (Wildman–Crippen LogP) is 3.67. The second kappa shape index (κ2) is 5.35. The highest BCUT2D eigenvalue weighted by molar-refractivity contribution is 9.10. The molecular formula is C12H12Br2N2O. The predicted molar refractivity (Wildman–Crippen MR) is 74.5 cm³/mol. The lowest BCUT2D eigenvalue weighted by atomic mass is 10.0. The maximum Gasteiger partial charge on any atom is 0.140 e. The second-order valence-corrected chi connectivity index (χ2v) is 5.45. The minimum atomic E-state index is -0.170. The Balaban J connectivity index is 2.42. The molecule has 2 aromatic rings. The Kier molecular flexibility index (Phi) is 4.04. The maximum atomic E-state index is 5.61. The number of rotatable bonds is 3. The molecule has 0 fully saturated rings. The first-order valence-electron chi connectivity index (χ1n) is 5.08. The summed E-state index contributed by atoms with van der Waals surface area (Å²) in [5.41, 5.74) is 4.99. The SMILES string of the molecule is Cc1ccc(C(NN)c2occc2Br)cc1Br. The van der Waals surface area contributed by atoms with E-state index in [4.69, 9.17) is 10.3 Å². The Morgan fingerprint density at radius 1 is 1.24 bits per heavy atom. The monoisotopic (exact) mass is 358 g/mol. The van der Waals surface area contributed by atoms with Crippen molar-refractivity contribution in [2.24, 2.45) is 5.84 Å². The number of aryl methyl sites for hydroxylation is 1. The summed E-state index contributed by atoms with van der Waals surface area (Å²) in [4.78, 5) is 0. The Morgan fingerprint density at radius 3 is 2.53 bits per heavy atom. The van der Waals surface area contributed by atoms with Crippen molar-refractivity contribution in [1.82, 2.24) is 5.43 Å². The van der Waals surface area contributed by atoms with Gasteiger partial charge >= 0.3 is 0 Å². The van der Waals surface area contributed by atoms with Crippen LogP contribution in [0.3, 0.4) is 0 Å². The maximum absolute atomic E-state index is 5.61. The Labute approximate surface area is 117 Å². The smallest absolute Gasteiger partial charge is 0.140 e. The van der Waals surface area contributed by atoms with Gasteiger partial charge in [0.1, 0.15) is 11.8 Å². The van der Waals surface area contributed by atoms with Gasteiger partial charge in [-0.1, -0.05) is 28.1 Å². The van der Waals surface area contributed by atoms with Crippen molar-refractivity contribution < 1.29 is 4.42 Å². The van der Waals surface area contributed by atoms with Crippen molar-refractivity contribution in [2.75, 3.05) is 0 Å². The van der Waals surface area contributed by atoms with E-state index in [0.717, 1.165) is 20.3 Å². The number of nitrogens with one attached hydrogen (secondary N) is 1. The van der Waals surface area contributed by atoms with E-state index < -0.39 is 0 Å². The van der Waals surface area contributed by atoms with Crippen molar-refractivity contribution in [1.29, 1.82) is 0 Å². The molecule has 0 aliphatic heterocycles. The zero-order valence-corrected chi connectivity index (χ0v) is 12.4. The molecule has 0 bridgehead atoms. The van der Waals surface area contributed by atoms with Crippen LogP contribution in [-0.2, 0) is 0 Å². The fourth-order valence-electron chi connectivity index (χ4n) is 1.62. The van der Waals surface area contributed by atoms with E-state index in [0.29, 0.717) is 0 Å². The lowest BCUT2D eigenvalue weighted by Crippen LogP contribution is -2.28. The van der Waals surface area contributed by atoms with Gasteiger partial charge in [-0.15, -0.1) is 0 Å². The van der Waals surface area contributed by atoms with Crippen molar-refractivity contribution >= 4 is 31.9 Å². The standard InChI is InChI=1S/C12H12Br2N2O/c1-7-2-3-8(6-10(7)14)11(16-15)12-9(13)4-5-17-12/h2-6,11,16H,15H2,1H3. The number of hydrogen-bond donors (Lipinski definition) is 2. The van der Waals surface area contributed by atoms with Gasteiger partial charge in [-0.3, -0.25) is 5.84 Å². The molecule has 0 spiro atoms. The molecule has 1 heterocycles. The minimum absolute atomic E-state index is 0.170. The van der Waals surface area contributed by atoms with Gasteiger partial charge in [0.05, 0.1) is 10.7 Å². The molecule has 3 N–H and O–H groups in total. The first-order valence-corrected chi connectivity index (χ1v) is 6.67. The zero-order chi connectivity index (χ0) is 12.4. The largest absolute Gasteiger partial charge is 0.466 e. The molecule has 0 saturated heterocycles. The van der Waals surface area contributed by atoms with Crippen molar-refractivity contribution in [3.05, 3.63) is 56.4 Å². The molecule has 1 unspecified atom stereocenters. The van der Waals surface area contributed by atoms with Crippen LogP contribution in [0.5, 0.6) is 0 Å². The van der Waals surface area contributed by atoms with E-state index in [9.17, 15) is 0 Å². The number of benzene rings is 1. The molecule has 0 aliphatic carbocycles. The van der Waals surface area contributed by atoms with Gasteiger partial charge in [0.15, 0.2) is 0 Å². The molecule has 5 heteroatoms. The highest BCUT2D eigenvalue weighted by atomic mass is 79.9. The van der Waals surface area contributed by atoms with E-state index in [-0.39, 0.29) is 6.04 Å². The summed E-state index contributed by atoms with van der Waals surface area (Å²) in [6, 6.07) is 7.79. The highest BCUT2D eigenvalue weighted by Crippen LogP contribution is 2.30. The minimum Gasteiger partial charge on any atom is -0.466 e. The summed E-state index contributed by atoms with van der Waals surface area (Å²) in [6.45, 7) is 2.04. The van der Waals surface area contributed by atoms with Gasteiger partial charge < -0.3 is 4.42 Å². The number of halogens is 2. The highest BCUT2D eigenvalue weighted by Gasteiger charge is 2.19. The van der Waals surface area contributed by atoms with Crippen molar-refractivity contribution in [2.45, 2.75) is 13.0 Å². The number of nitrogens with two attached hydrogens (primary N) is 1. The van der Waals surface area contributed by atoms with Crippen LogP contribution >= 0.6 is 31.9 Å². The third-order valence-electron chi connectivity index (χ3n) is 2.60. The average molecular weight is 360 g/mol. The third kappa shape index (κ3) is 2.63. The normalized spacial score (nSPS) is 12.7. The van der Waals surface area contributed by atoms with E-state index in [1.165, 1.54) is 5.56 Å². The quantitative estimate of drug-likeness (QED) is 0.649. The fourth-order valence-corrected chi connectivity index (χ4v) is 2.45. The topological polar surface area (TPSA) is 51.2 Å². The van der Waals surface area contributed by atoms with Gasteiger partial charge in [-0.25, -0.2) is 5.43 Å². The molecule has 1 atom stereocenters. The first kappa shape index (κ1) is 12.8. The lowest BCUT2D eigenvalue weighted by Gasteiger charge is -2.15. The Bertz CT molecular complexity index is 525. The molecule has 17 heavy (non-hydrogen) atoms. The summed E-state index contributed by atoms with van der Waals surface area (Å²) in [5, 5.41) is 0. The van der Waals surface area contributed by atoms with Crippen LogP contribution in [0.15, 0.2) is 43.9 Å². The zero-order valence-electron chi connectivity index (χ0n) is 9.21. The van der Waals surface area contributed by atoms with Crippen molar-refractivity contribution in [3.63, 3.8) is 0 Å². The molecular weight excluding hydrogens is 348 g/mol. The fraction of sp³-hybridized carbons (Fsp3) is 0.167. The van der Waals surface area contributed by atoms with Crippen molar-refractivity contribution in [3.8, 4) is 0 Å². The van der Waals surface area contributed by atoms with E-state index in [2.05, 4.69) is 37.3 Å². The van der Waals surface area contributed by atoms with Gasteiger partial charge in [0, 0.05) is 4.47 Å². The van der Waals surface area contributed by atoms with Gasteiger partial charge in [-0.2, -0.15) is 0 Å². The van der Waals surface area contributed by atoms with Crippen LogP contribution < -0.4 is 11.3 Å². The molecule has 0 saturated carbocycles.